The van der Waals surface area contributed by atoms with Crippen molar-refractivity contribution in [3.63, 3.8) is 0 Å². The van der Waals surface area contributed by atoms with Crippen LogP contribution in [0.4, 0.5) is 0 Å². The lowest BCUT2D eigenvalue weighted by Gasteiger charge is -2.35. The van der Waals surface area contributed by atoms with Crippen molar-refractivity contribution < 1.29 is 4.79 Å². The lowest BCUT2D eigenvalue weighted by molar-refractivity contribution is -0.133. The standard InChI is InChI=1S/C18H34N2O/c1-3-14-19-16-9-11-17(12-10-16)20(2)18(21)13-8-15-6-4-5-7-15/h15-17,19H,3-14H2,1-2H3. The Morgan fingerprint density at radius 2 is 1.76 bits per heavy atom. The van der Waals surface area contributed by atoms with E-state index >= 15 is 0 Å². The molecule has 3 nitrogen and oxygen atoms in total. The van der Waals surface area contributed by atoms with Crippen LogP contribution in [0.3, 0.4) is 0 Å². The van der Waals surface area contributed by atoms with E-state index in [0.29, 0.717) is 18.0 Å². The smallest absolute Gasteiger partial charge is 0.222 e. The van der Waals surface area contributed by atoms with Gasteiger partial charge in [0.25, 0.3) is 0 Å². The summed E-state index contributed by atoms with van der Waals surface area (Å²) in [6.07, 6.45) is 13.4. The number of nitrogens with zero attached hydrogens (tertiary/aromatic N) is 1. The lowest BCUT2D eigenvalue weighted by atomic mass is 9.90. The van der Waals surface area contributed by atoms with Crippen molar-refractivity contribution in [1.29, 1.82) is 0 Å². The Morgan fingerprint density at radius 1 is 1.10 bits per heavy atom. The Bertz CT molecular complexity index is 304. The molecular formula is C18H34N2O. The van der Waals surface area contributed by atoms with Gasteiger partial charge in [0.05, 0.1) is 0 Å². The first-order valence-electron chi connectivity index (χ1n) is 9.19. The number of rotatable bonds is 7. The molecule has 0 bridgehead atoms. The summed E-state index contributed by atoms with van der Waals surface area (Å²) in [5.41, 5.74) is 0. The number of hydrogen-bond donors (Lipinski definition) is 1. The van der Waals surface area contributed by atoms with Crippen molar-refractivity contribution in [3.8, 4) is 0 Å². The van der Waals surface area contributed by atoms with Crippen LogP contribution in [0.5, 0.6) is 0 Å². The van der Waals surface area contributed by atoms with Gasteiger partial charge in [0.1, 0.15) is 0 Å². The second-order valence-electron chi connectivity index (χ2n) is 7.15. The van der Waals surface area contributed by atoms with E-state index in [1.165, 1.54) is 57.8 Å². The zero-order valence-electron chi connectivity index (χ0n) is 14.1. The summed E-state index contributed by atoms with van der Waals surface area (Å²) in [4.78, 5) is 14.4. The monoisotopic (exact) mass is 294 g/mol. The van der Waals surface area contributed by atoms with Crippen molar-refractivity contribution in [2.75, 3.05) is 13.6 Å². The third kappa shape index (κ3) is 5.28. The van der Waals surface area contributed by atoms with Gasteiger partial charge in [-0.2, -0.15) is 0 Å². The highest BCUT2D eigenvalue weighted by Gasteiger charge is 2.26. The molecule has 1 amide bonds. The van der Waals surface area contributed by atoms with E-state index in [-0.39, 0.29) is 0 Å². The van der Waals surface area contributed by atoms with Crippen molar-refractivity contribution >= 4 is 5.91 Å². The van der Waals surface area contributed by atoms with Crippen molar-refractivity contribution in [3.05, 3.63) is 0 Å². The summed E-state index contributed by atoms with van der Waals surface area (Å²) in [5.74, 6) is 1.21. The molecule has 0 saturated heterocycles. The Kier molecular flexibility index (Phi) is 7.01. The average Bonchev–Trinajstić information content (AvgIpc) is 3.04. The molecule has 0 spiro atoms. The average molecular weight is 294 g/mol. The van der Waals surface area contributed by atoms with Crippen LogP contribution in [0, 0.1) is 5.92 Å². The van der Waals surface area contributed by atoms with Crippen LogP contribution in [0.1, 0.15) is 77.6 Å². The number of carbonyl (C=O) groups excluding carboxylic acids is 1. The molecule has 0 aromatic rings. The first kappa shape index (κ1) is 16.8. The van der Waals surface area contributed by atoms with Crippen molar-refractivity contribution in [2.45, 2.75) is 89.6 Å². The minimum absolute atomic E-state index is 0.381. The summed E-state index contributed by atoms with van der Waals surface area (Å²) >= 11 is 0. The molecular weight excluding hydrogens is 260 g/mol. The minimum atomic E-state index is 0.381. The number of hydrogen-bond acceptors (Lipinski definition) is 2. The molecule has 1 N–H and O–H groups in total. The van der Waals surface area contributed by atoms with Crippen LogP contribution in [0.15, 0.2) is 0 Å². The lowest BCUT2D eigenvalue weighted by Crippen LogP contribution is -2.43. The van der Waals surface area contributed by atoms with Crippen LogP contribution in [0.25, 0.3) is 0 Å². The maximum atomic E-state index is 12.4. The Labute approximate surface area is 130 Å². The summed E-state index contributed by atoms with van der Waals surface area (Å²) in [5, 5.41) is 3.62. The highest BCUT2D eigenvalue weighted by atomic mass is 16.2. The minimum Gasteiger partial charge on any atom is -0.343 e. The summed E-state index contributed by atoms with van der Waals surface area (Å²) in [7, 11) is 2.03. The van der Waals surface area contributed by atoms with Gasteiger partial charge < -0.3 is 10.2 Å². The van der Waals surface area contributed by atoms with Gasteiger partial charge in [-0.1, -0.05) is 32.6 Å². The maximum Gasteiger partial charge on any atom is 0.222 e. The molecule has 0 aromatic carbocycles. The van der Waals surface area contributed by atoms with E-state index in [1.54, 1.807) is 0 Å². The van der Waals surface area contributed by atoms with Crippen LogP contribution < -0.4 is 5.32 Å². The molecule has 0 aromatic heterocycles. The SMILES string of the molecule is CCCNC1CCC(N(C)C(=O)CCC2CCCC2)CC1. The van der Waals surface area contributed by atoms with E-state index < -0.39 is 0 Å². The number of carbonyl (C=O) groups is 1. The number of amides is 1. The zero-order valence-corrected chi connectivity index (χ0v) is 14.1. The molecule has 2 saturated carbocycles. The van der Waals surface area contributed by atoms with Gasteiger partial charge in [0.2, 0.25) is 5.91 Å². The molecule has 0 atom stereocenters. The predicted molar refractivity (Wildman–Crippen MR) is 88.3 cm³/mol. The highest BCUT2D eigenvalue weighted by molar-refractivity contribution is 5.76. The molecule has 0 heterocycles. The summed E-state index contributed by atoms with van der Waals surface area (Å²) in [6.45, 7) is 3.35. The summed E-state index contributed by atoms with van der Waals surface area (Å²) in [6, 6.07) is 1.17. The molecule has 0 radical (unpaired) electrons. The Morgan fingerprint density at radius 3 is 2.38 bits per heavy atom. The quantitative estimate of drug-likeness (QED) is 0.776. The fourth-order valence-corrected chi connectivity index (χ4v) is 4.02. The van der Waals surface area contributed by atoms with Crippen LogP contribution in [0.2, 0.25) is 0 Å². The molecule has 2 rings (SSSR count). The predicted octanol–water partition coefficient (Wildman–Crippen LogP) is 3.73. The topological polar surface area (TPSA) is 32.3 Å². The van der Waals surface area contributed by atoms with Crippen LogP contribution in [-0.4, -0.2) is 36.5 Å². The first-order valence-corrected chi connectivity index (χ1v) is 9.19. The Balaban J connectivity index is 1.65. The van der Waals surface area contributed by atoms with Crippen LogP contribution in [-0.2, 0) is 4.79 Å². The molecule has 2 aliphatic carbocycles. The van der Waals surface area contributed by atoms with Gasteiger partial charge in [-0.25, -0.2) is 0 Å². The molecule has 0 aliphatic heterocycles. The summed E-state index contributed by atoms with van der Waals surface area (Å²) < 4.78 is 0. The van der Waals surface area contributed by atoms with E-state index in [9.17, 15) is 4.79 Å². The van der Waals surface area contributed by atoms with E-state index in [2.05, 4.69) is 17.1 Å². The van der Waals surface area contributed by atoms with Crippen molar-refractivity contribution in [1.82, 2.24) is 10.2 Å². The number of nitrogens with one attached hydrogen (secondary N) is 1. The fraction of sp³-hybridized carbons (Fsp3) is 0.944. The molecule has 3 heteroatoms. The third-order valence-corrected chi connectivity index (χ3v) is 5.56. The van der Waals surface area contributed by atoms with Gasteiger partial charge in [-0.3, -0.25) is 4.79 Å². The van der Waals surface area contributed by atoms with E-state index in [4.69, 9.17) is 0 Å². The van der Waals surface area contributed by atoms with Gasteiger partial charge in [-0.15, -0.1) is 0 Å². The van der Waals surface area contributed by atoms with Gasteiger partial charge in [0, 0.05) is 25.6 Å². The second-order valence-corrected chi connectivity index (χ2v) is 7.15. The van der Waals surface area contributed by atoms with Crippen molar-refractivity contribution in [2.24, 2.45) is 5.92 Å². The highest BCUT2D eigenvalue weighted by Crippen LogP contribution is 2.29. The molecule has 122 valence electrons. The van der Waals surface area contributed by atoms with Gasteiger partial charge in [0.15, 0.2) is 0 Å². The normalized spacial score (nSPS) is 27.0. The molecule has 2 fully saturated rings. The van der Waals surface area contributed by atoms with Gasteiger partial charge in [-0.05, 0) is 51.0 Å². The molecule has 2 aliphatic rings. The van der Waals surface area contributed by atoms with Crippen LogP contribution >= 0.6 is 0 Å². The Hall–Kier alpha value is -0.570. The second kappa shape index (κ2) is 8.77. The maximum absolute atomic E-state index is 12.4. The zero-order chi connectivity index (χ0) is 15.1. The van der Waals surface area contributed by atoms with E-state index in [1.807, 2.05) is 7.05 Å². The fourth-order valence-electron chi connectivity index (χ4n) is 4.02. The molecule has 21 heavy (non-hydrogen) atoms. The first-order chi connectivity index (χ1) is 10.2. The third-order valence-electron chi connectivity index (χ3n) is 5.56. The van der Waals surface area contributed by atoms with Gasteiger partial charge >= 0.3 is 0 Å². The van der Waals surface area contributed by atoms with E-state index in [0.717, 1.165) is 25.3 Å². The molecule has 0 unspecified atom stereocenters. The largest absolute Gasteiger partial charge is 0.343 e.